The summed E-state index contributed by atoms with van der Waals surface area (Å²) in [5, 5.41) is 3.46. The van der Waals surface area contributed by atoms with Gasteiger partial charge >= 0.3 is 0 Å². The van der Waals surface area contributed by atoms with Crippen molar-refractivity contribution >= 4 is 5.69 Å². The molecule has 0 atom stereocenters. The molecule has 3 nitrogen and oxygen atoms in total. The Bertz CT molecular complexity index is 531. The second kappa shape index (κ2) is 6.32. The molecule has 1 aromatic heterocycles. The molecule has 0 bridgehead atoms. The van der Waals surface area contributed by atoms with Crippen LogP contribution < -0.4 is 10.1 Å². The van der Waals surface area contributed by atoms with Crippen LogP contribution in [0.4, 0.5) is 5.69 Å². The van der Waals surface area contributed by atoms with E-state index in [4.69, 9.17) is 4.74 Å². The molecular weight excluding hydrogens is 236 g/mol. The van der Waals surface area contributed by atoms with E-state index >= 15 is 0 Å². The summed E-state index contributed by atoms with van der Waals surface area (Å²) < 4.78 is 7.91. The summed E-state index contributed by atoms with van der Waals surface area (Å²) in [4.78, 5) is 0. The van der Waals surface area contributed by atoms with Gasteiger partial charge in [0, 0.05) is 18.4 Å². The highest BCUT2D eigenvalue weighted by atomic mass is 16.5. The van der Waals surface area contributed by atoms with Crippen LogP contribution in [0.5, 0.6) is 5.75 Å². The Balaban J connectivity index is 2.10. The van der Waals surface area contributed by atoms with Crippen molar-refractivity contribution in [3.05, 3.63) is 47.8 Å². The first-order chi connectivity index (χ1) is 9.24. The van der Waals surface area contributed by atoms with E-state index in [0.717, 1.165) is 24.5 Å². The highest BCUT2D eigenvalue weighted by molar-refractivity contribution is 5.57. The summed E-state index contributed by atoms with van der Waals surface area (Å²) >= 11 is 0. The largest absolute Gasteiger partial charge is 0.492 e. The minimum absolute atomic E-state index is 0.684. The van der Waals surface area contributed by atoms with E-state index in [1.165, 1.54) is 11.3 Å². The average Bonchev–Trinajstić information content (AvgIpc) is 2.85. The first-order valence-electron chi connectivity index (χ1n) is 6.86. The summed E-state index contributed by atoms with van der Waals surface area (Å²) in [5.41, 5.74) is 3.55. The lowest BCUT2D eigenvalue weighted by molar-refractivity contribution is 0.341. The van der Waals surface area contributed by atoms with Gasteiger partial charge in [-0.3, -0.25) is 0 Å². The molecule has 1 heterocycles. The predicted molar refractivity (Wildman–Crippen MR) is 79.8 cm³/mol. The monoisotopic (exact) mass is 258 g/mol. The molecule has 0 saturated heterocycles. The van der Waals surface area contributed by atoms with Crippen LogP contribution >= 0.6 is 0 Å². The molecule has 0 radical (unpaired) electrons. The molecule has 2 aromatic rings. The topological polar surface area (TPSA) is 26.2 Å². The van der Waals surface area contributed by atoms with Gasteiger partial charge in [-0.15, -0.1) is 0 Å². The molecular formula is C16H22N2O. The number of hydrogen-bond donors (Lipinski definition) is 1. The van der Waals surface area contributed by atoms with Crippen LogP contribution in [0.25, 0.3) is 0 Å². The zero-order valence-corrected chi connectivity index (χ0v) is 11.9. The molecule has 19 heavy (non-hydrogen) atoms. The van der Waals surface area contributed by atoms with Crippen molar-refractivity contribution in [3.63, 3.8) is 0 Å². The maximum Gasteiger partial charge on any atom is 0.142 e. The van der Waals surface area contributed by atoms with Crippen molar-refractivity contribution in [2.45, 2.75) is 33.9 Å². The van der Waals surface area contributed by atoms with Crippen LogP contribution in [0.1, 0.15) is 25.1 Å². The molecule has 2 rings (SSSR count). The molecule has 0 aliphatic heterocycles. The van der Waals surface area contributed by atoms with Crippen molar-refractivity contribution in [2.75, 3.05) is 11.9 Å². The van der Waals surface area contributed by atoms with Gasteiger partial charge < -0.3 is 14.6 Å². The lowest BCUT2D eigenvalue weighted by Gasteiger charge is -2.14. The number of rotatable bonds is 6. The van der Waals surface area contributed by atoms with Gasteiger partial charge in [-0.1, -0.05) is 6.07 Å². The third-order valence-electron chi connectivity index (χ3n) is 3.16. The van der Waals surface area contributed by atoms with Gasteiger partial charge in [0.15, 0.2) is 0 Å². The number of aryl methyl sites for hydroxylation is 2. The van der Waals surface area contributed by atoms with Crippen LogP contribution in [0.2, 0.25) is 0 Å². The lowest BCUT2D eigenvalue weighted by Crippen LogP contribution is -2.07. The number of hydrogen-bond acceptors (Lipinski definition) is 2. The minimum Gasteiger partial charge on any atom is -0.492 e. The second-order valence-electron chi connectivity index (χ2n) is 4.57. The number of ether oxygens (including phenoxy) is 1. The van der Waals surface area contributed by atoms with Gasteiger partial charge in [-0.25, -0.2) is 0 Å². The molecule has 0 unspecified atom stereocenters. The Hall–Kier alpha value is -1.90. The average molecular weight is 258 g/mol. The quantitative estimate of drug-likeness (QED) is 0.852. The third-order valence-corrected chi connectivity index (χ3v) is 3.16. The highest BCUT2D eigenvalue weighted by Gasteiger charge is 2.05. The highest BCUT2D eigenvalue weighted by Crippen LogP contribution is 2.26. The molecule has 0 aliphatic rings. The number of anilines is 1. The van der Waals surface area contributed by atoms with E-state index in [1.54, 1.807) is 0 Å². The van der Waals surface area contributed by atoms with Crippen molar-refractivity contribution in [1.82, 2.24) is 4.57 Å². The fraction of sp³-hybridized carbons (Fsp3) is 0.375. The third kappa shape index (κ3) is 3.31. The Labute approximate surface area is 115 Å². The summed E-state index contributed by atoms with van der Waals surface area (Å²) in [5.74, 6) is 0.928. The first-order valence-corrected chi connectivity index (χ1v) is 6.86. The van der Waals surface area contributed by atoms with Crippen molar-refractivity contribution in [3.8, 4) is 5.75 Å². The number of aromatic nitrogens is 1. The number of benzene rings is 1. The molecule has 0 saturated carbocycles. The van der Waals surface area contributed by atoms with Gasteiger partial charge in [0.05, 0.1) is 18.8 Å². The van der Waals surface area contributed by atoms with Crippen LogP contribution in [-0.4, -0.2) is 11.2 Å². The molecule has 0 aliphatic carbocycles. The summed E-state index contributed by atoms with van der Waals surface area (Å²) in [6.07, 6.45) is 2.11. The normalized spacial score (nSPS) is 10.5. The fourth-order valence-corrected chi connectivity index (χ4v) is 2.15. The Kier molecular flexibility index (Phi) is 4.50. The first kappa shape index (κ1) is 13.5. The predicted octanol–water partition coefficient (Wildman–Crippen LogP) is 3.83. The fourth-order valence-electron chi connectivity index (χ4n) is 2.15. The zero-order chi connectivity index (χ0) is 13.7. The SMILES string of the molecule is CCOc1cc(C)ccc1NCc1cccn1CC. The standard InChI is InChI=1S/C16H22N2O/c1-4-18-10-6-7-14(18)12-17-15-9-8-13(3)11-16(15)19-5-2/h6-11,17H,4-5,12H2,1-3H3. The molecule has 3 heteroatoms. The van der Waals surface area contributed by atoms with Crippen molar-refractivity contribution in [1.29, 1.82) is 0 Å². The van der Waals surface area contributed by atoms with E-state index < -0.39 is 0 Å². The van der Waals surface area contributed by atoms with E-state index in [0.29, 0.717) is 6.61 Å². The molecule has 1 aromatic carbocycles. The lowest BCUT2D eigenvalue weighted by atomic mass is 10.2. The van der Waals surface area contributed by atoms with Crippen LogP contribution in [-0.2, 0) is 13.1 Å². The molecule has 102 valence electrons. The maximum absolute atomic E-state index is 5.67. The van der Waals surface area contributed by atoms with Gasteiger partial charge in [-0.05, 0) is 50.6 Å². The molecule has 0 fully saturated rings. The summed E-state index contributed by atoms with van der Waals surface area (Å²) in [7, 11) is 0. The molecule has 0 amide bonds. The second-order valence-corrected chi connectivity index (χ2v) is 4.57. The Morgan fingerprint density at radius 1 is 1.21 bits per heavy atom. The summed E-state index contributed by atoms with van der Waals surface area (Å²) in [6, 6.07) is 10.5. The Morgan fingerprint density at radius 2 is 2.05 bits per heavy atom. The summed E-state index contributed by atoms with van der Waals surface area (Å²) in [6.45, 7) is 8.73. The van der Waals surface area contributed by atoms with Crippen LogP contribution in [0.15, 0.2) is 36.5 Å². The van der Waals surface area contributed by atoms with Crippen molar-refractivity contribution in [2.24, 2.45) is 0 Å². The Morgan fingerprint density at radius 3 is 2.79 bits per heavy atom. The van der Waals surface area contributed by atoms with Gasteiger partial charge in [0.2, 0.25) is 0 Å². The number of nitrogens with zero attached hydrogens (tertiary/aromatic N) is 1. The van der Waals surface area contributed by atoms with Crippen molar-refractivity contribution < 1.29 is 4.74 Å². The minimum atomic E-state index is 0.684. The van der Waals surface area contributed by atoms with E-state index in [9.17, 15) is 0 Å². The van der Waals surface area contributed by atoms with Gasteiger partial charge in [0.1, 0.15) is 5.75 Å². The number of nitrogens with one attached hydrogen (secondary N) is 1. The zero-order valence-electron chi connectivity index (χ0n) is 11.9. The van der Waals surface area contributed by atoms with Gasteiger partial charge in [0.25, 0.3) is 0 Å². The molecule has 0 spiro atoms. The molecule has 1 N–H and O–H groups in total. The van der Waals surface area contributed by atoms with Gasteiger partial charge in [-0.2, -0.15) is 0 Å². The van der Waals surface area contributed by atoms with E-state index in [2.05, 4.69) is 60.3 Å². The van der Waals surface area contributed by atoms with Crippen LogP contribution in [0.3, 0.4) is 0 Å². The van der Waals surface area contributed by atoms with E-state index in [1.807, 2.05) is 6.92 Å². The van der Waals surface area contributed by atoms with Crippen LogP contribution in [0, 0.1) is 6.92 Å². The smallest absolute Gasteiger partial charge is 0.142 e. The van der Waals surface area contributed by atoms with E-state index in [-0.39, 0.29) is 0 Å². The maximum atomic E-state index is 5.67.